The summed E-state index contributed by atoms with van der Waals surface area (Å²) in [6.45, 7) is 0. The summed E-state index contributed by atoms with van der Waals surface area (Å²) in [6, 6.07) is 7.20. The van der Waals surface area contributed by atoms with E-state index in [0.29, 0.717) is 24.9 Å². The molecule has 5 heteroatoms. The van der Waals surface area contributed by atoms with E-state index in [4.69, 9.17) is 5.11 Å². The summed E-state index contributed by atoms with van der Waals surface area (Å²) in [6.07, 6.45) is 2.58. The molecule has 0 heterocycles. The van der Waals surface area contributed by atoms with Gasteiger partial charge in [-0.1, -0.05) is 12.1 Å². The molecule has 1 aromatic rings. The summed E-state index contributed by atoms with van der Waals surface area (Å²) in [5, 5.41) is 21.5. The Balaban J connectivity index is 1.62. The first kappa shape index (κ1) is 13.1. The molecule has 3 N–H and O–H groups in total. The molecule has 0 saturated heterocycles. The van der Waals surface area contributed by atoms with Crippen LogP contribution in [0.5, 0.6) is 0 Å². The van der Waals surface area contributed by atoms with Crippen LogP contribution >= 0.6 is 0 Å². The average molecular weight is 275 g/mol. The van der Waals surface area contributed by atoms with Crippen LogP contribution in [0.15, 0.2) is 24.3 Å². The number of amides is 1. The summed E-state index contributed by atoms with van der Waals surface area (Å²) in [5.41, 5.74) is 0.410. The summed E-state index contributed by atoms with van der Waals surface area (Å²) in [5.74, 6) is -1.29. The zero-order chi connectivity index (χ0) is 14.3. The number of rotatable bonds is 4. The van der Waals surface area contributed by atoms with E-state index in [2.05, 4.69) is 5.32 Å². The topological polar surface area (TPSA) is 86.6 Å². The van der Waals surface area contributed by atoms with Gasteiger partial charge in [-0.05, 0) is 49.3 Å². The first-order chi connectivity index (χ1) is 9.49. The van der Waals surface area contributed by atoms with Crippen molar-refractivity contribution in [1.82, 2.24) is 0 Å². The highest BCUT2D eigenvalue weighted by Crippen LogP contribution is 2.47. The van der Waals surface area contributed by atoms with E-state index in [-0.39, 0.29) is 17.7 Å². The number of anilines is 1. The van der Waals surface area contributed by atoms with Crippen molar-refractivity contribution in [2.24, 2.45) is 5.92 Å². The molecule has 0 unspecified atom stereocenters. The third-order valence-electron chi connectivity index (χ3n) is 4.31. The zero-order valence-electron chi connectivity index (χ0n) is 11.0. The molecule has 20 heavy (non-hydrogen) atoms. The van der Waals surface area contributed by atoms with Gasteiger partial charge in [-0.3, -0.25) is 9.59 Å². The predicted octanol–water partition coefficient (Wildman–Crippen LogP) is 1.73. The largest absolute Gasteiger partial charge is 0.481 e. The summed E-state index contributed by atoms with van der Waals surface area (Å²) in [7, 11) is 0. The fourth-order valence-electron chi connectivity index (χ4n) is 2.64. The van der Waals surface area contributed by atoms with Crippen molar-refractivity contribution < 1.29 is 19.8 Å². The first-order valence-corrected chi connectivity index (χ1v) is 6.86. The maximum atomic E-state index is 11.9. The van der Waals surface area contributed by atoms with E-state index in [1.54, 1.807) is 12.1 Å². The molecule has 5 nitrogen and oxygen atoms in total. The molecular weight excluding hydrogens is 258 g/mol. The van der Waals surface area contributed by atoms with Crippen molar-refractivity contribution in [2.75, 3.05) is 5.32 Å². The summed E-state index contributed by atoms with van der Waals surface area (Å²) >= 11 is 0. The van der Waals surface area contributed by atoms with Crippen LogP contribution in [0.4, 0.5) is 5.69 Å². The average Bonchev–Trinajstić information content (AvgIpc) is 3.17. The molecule has 1 aromatic carbocycles. The van der Waals surface area contributed by atoms with Gasteiger partial charge in [-0.2, -0.15) is 0 Å². The molecule has 0 aromatic heterocycles. The van der Waals surface area contributed by atoms with Gasteiger partial charge in [0.1, 0.15) is 5.60 Å². The Morgan fingerprint density at radius 3 is 2.30 bits per heavy atom. The number of hydrogen-bond acceptors (Lipinski definition) is 3. The standard InChI is InChI=1S/C15H17NO4/c17-13(18)12-8-11(12)9-2-4-10(5-3-9)16-14(19)15(20)6-1-7-15/h2-5,11-12,20H,1,6-8H2,(H,16,19)(H,17,18)/t11-,12+/m0/s1. The highest BCUT2D eigenvalue weighted by molar-refractivity contribution is 5.97. The lowest BCUT2D eigenvalue weighted by molar-refractivity contribution is -0.142. The third-order valence-corrected chi connectivity index (χ3v) is 4.31. The lowest BCUT2D eigenvalue weighted by Gasteiger charge is -2.34. The van der Waals surface area contributed by atoms with Gasteiger partial charge < -0.3 is 15.5 Å². The van der Waals surface area contributed by atoms with E-state index in [1.807, 2.05) is 12.1 Å². The Morgan fingerprint density at radius 1 is 1.20 bits per heavy atom. The van der Waals surface area contributed by atoms with Crippen molar-refractivity contribution in [3.8, 4) is 0 Å². The number of carbonyl (C=O) groups excluding carboxylic acids is 1. The number of nitrogens with one attached hydrogen (secondary N) is 1. The van der Waals surface area contributed by atoms with Crippen LogP contribution in [-0.4, -0.2) is 27.7 Å². The van der Waals surface area contributed by atoms with Crippen molar-refractivity contribution in [3.63, 3.8) is 0 Å². The second-order valence-corrected chi connectivity index (χ2v) is 5.75. The van der Waals surface area contributed by atoms with E-state index in [1.165, 1.54) is 0 Å². The normalized spacial score (nSPS) is 26.4. The van der Waals surface area contributed by atoms with Gasteiger partial charge >= 0.3 is 5.97 Å². The number of aliphatic hydroxyl groups is 1. The molecule has 0 aliphatic heterocycles. The molecule has 0 bridgehead atoms. The van der Waals surface area contributed by atoms with Crippen LogP contribution in [0.2, 0.25) is 0 Å². The lowest BCUT2D eigenvalue weighted by Crippen LogP contribution is -2.48. The summed E-state index contributed by atoms with van der Waals surface area (Å²) < 4.78 is 0. The number of hydrogen-bond donors (Lipinski definition) is 3. The van der Waals surface area contributed by atoms with Gasteiger partial charge in [-0.25, -0.2) is 0 Å². The molecule has 2 fully saturated rings. The Labute approximate surface area is 116 Å². The van der Waals surface area contributed by atoms with Crippen LogP contribution in [-0.2, 0) is 9.59 Å². The number of carboxylic acid groups (broad SMARTS) is 1. The van der Waals surface area contributed by atoms with E-state index in [9.17, 15) is 14.7 Å². The van der Waals surface area contributed by atoms with Crippen LogP contribution in [0.1, 0.15) is 37.2 Å². The minimum Gasteiger partial charge on any atom is -0.481 e. The van der Waals surface area contributed by atoms with Crippen LogP contribution in [0.25, 0.3) is 0 Å². The maximum absolute atomic E-state index is 11.9. The van der Waals surface area contributed by atoms with E-state index < -0.39 is 11.6 Å². The van der Waals surface area contributed by atoms with Crippen molar-refractivity contribution in [3.05, 3.63) is 29.8 Å². The van der Waals surface area contributed by atoms with Gasteiger partial charge in [0, 0.05) is 5.69 Å². The Hall–Kier alpha value is -1.88. The quantitative estimate of drug-likeness (QED) is 0.781. The van der Waals surface area contributed by atoms with Crippen molar-refractivity contribution >= 4 is 17.6 Å². The Kier molecular flexibility index (Phi) is 3.01. The zero-order valence-corrected chi connectivity index (χ0v) is 11.0. The molecule has 0 radical (unpaired) electrons. The van der Waals surface area contributed by atoms with Crippen molar-refractivity contribution in [1.29, 1.82) is 0 Å². The predicted molar refractivity (Wildman–Crippen MR) is 72.4 cm³/mol. The second kappa shape index (κ2) is 4.59. The van der Waals surface area contributed by atoms with Crippen LogP contribution in [0.3, 0.4) is 0 Å². The van der Waals surface area contributed by atoms with Crippen molar-refractivity contribution in [2.45, 2.75) is 37.2 Å². The highest BCUT2D eigenvalue weighted by atomic mass is 16.4. The van der Waals surface area contributed by atoms with E-state index in [0.717, 1.165) is 12.0 Å². The van der Waals surface area contributed by atoms with Gasteiger partial charge in [0.25, 0.3) is 5.91 Å². The lowest BCUT2D eigenvalue weighted by atomic mass is 9.79. The van der Waals surface area contributed by atoms with Crippen LogP contribution in [0, 0.1) is 5.92 Å². The van der Waals surface area contributed by atoms with Gasteiger partial charge in [0.05, 0.1) is 5.92 Å². The molecule has 1 amide bonds. The molecule has 2 aliphatic carbocycles. The molecule has 106 valence electrons. The third kappa shape index (κ3) is 2.29. The highest BCUT2D eigenvalue weighted by Gasteiger charge is 2.44. The van der Waals surface area contributed by atoms with Gasteiger partial charge in [0.2, 0.25) is 0 Å². The second-order valence-electron chi connectivity index (χ2n) is 5.75. The van der Waals surface area contributed by atoms with Gasteiger partial charge in [0.15, 0.2) is 0 Å². The van der Waals surface area contributed by atoms with Gasteiger partial charge in [-0.15, -0.1) is 0 Å². The molecular formula is C15H17NO4. The molecule has 2 saturated carbocycles. The monoisotopic (exact) mass is 275 g/mol. The van der Waals surface area contributed by atoms with Crippen LogP contribution < -0.4 is 5.32 Å². The van der Waals surface area contributed by atoms with E-state index >= 15 is 0 Å². The number of benzene rings is 1. The molecule has 2 aliphatic rings. The number of aliphatic carboxylic acids is 1. The molecule has 2 atom stereocenters. The molecule has 0 spiro atoms. The Bertz CT molecular complexity index is 547. The Morgan fingerprint density at radius 2 is 1.85 bits per heavy atom. The number of carbonyl (C=O) groups is 2. The minimum absolute atomic E-state index is 0.0908. The first-order valence-electron chi connectivity index (χ1n) is 6.86. The number of carboxylic acids is 1. The minimum atomic E-state index is -1.20. The summed E-state index contributed by atoms with van der Waals surface area (Å²) in [4.78, 5) is 22.7. The fraction of sp³-hybridized carbons (Fsp3) is 0.467. The maximum Gasteiger partial charge on any atom is 0.307 e. The molecule has 3 rings (SSSR count). The SMILES string of the molecule is O=C(O)[C@@H]1C[C@H]1c1ccc(NC(=O)C2(O)CCC2)cc1. The smallest absolute Gasteiger partial charge is 0.307 e. The fourth-order valence-corrected chi connectivity index (χ4v) is 2.64.